The summed E-state index contributed by atoms with van der Waals surface area (Å²) in [5, 5.41) is 9.12. The lowest BCUT2D eigenvalue weighted by Crippen LogP contribution is -2.53. The second kappa shape index (κ2) is 9.46. The largest absolute Gasteiger partial charge is 0.478 e. The lowest BCUT2D eigenvalue weighted by molar-refractivity contribution is -0.149. The summed E-state index contributed by atoms with van der Waals surface area (Å²) < 4.78 is 5.93. The molecule has 6 nitrogen and oxygen atoms in total. The molecule has 0 radical (unpaired) electrons. The highest BCUT2D eigenvalue weighted by molar-refractivity contribution is 5.88. The van der Waals surface area contributed by atoms with Gasteiger partial charge in [-0.15, -0.1) is 0 Å². The zero-order valence-corrected chi connectivity index (χ0v) is 21.8. The molecule has 2 aliphatic heterocycles. The van der Waals surface area contributed by atoms with Crippen molar-refractivity contribution >= 4 is 17.6 Å². The van der Waals surface area contributed by atoms with Gasteiger partial charge in [-0.2, -0.15) is 0 Å². The number of benzene rings is 2. The number of hydrogen-bond donors (Lipinski definition) is 1. The first-order chi connectivity index (χ1) is 17.9. The molecule has 4 aliphatic rings. The third-order valence-electron chi connectivity index (χ3n) is 9.90. The Hall–Kier alpha value is -2.86. The lowest BCUT2D eigenvalue weighted by Gasteiger charge is -2.45. The van der Waals surface area contributed by atoms with Crippen LogP contribution in [0.2, 0.25) is 0 Å². The maximum Gasteiger partial charge on any atom is 0.335 e. The molecule has 2 unspecified atom stereocenters. The number of rotatable bonds is 7. The van der Waals surface area contributed by atoms with Crippen LogP contribution in [0.25, 0.3) is 0 Å². The first-order valence-electron chi connectivity index (χ1n) is 13.9. The van der Waals surface area contributed by atoms with Crippen molar-refractivity contribution in [1.29, 1.82) is 0 Å². The van der Waals surface area contributed by atoms with Gasteiger partial charge in [-0.05, 0) is 87.4 Å². The van der Waals surface area contributed by atoms with Gasteiger partial charge in [-0.3, -0.25) is 4.79 Å². The first kappa shape index (κ1) is 24.5. The van der Waals surface area contributed by atoms with Gasteiger partial charge in [0, 0.05) is 49.0 Å². The molecule has 2 aliphatic carbocycles. The second-order valence-corrected chi connectivity index (χ2v) is 11.9. The van der Waals surface area contributed by atoms with Gasteiger partial charge in [0.25, 0.3) is 0 Å². The minimum absolute atomic E-state index is 0.0637. The quantitative estimate of drug-likeness (QED) is 0.539. The number of carbonyl (C=O) groups excluding carboxylic acids is 1. The molecule has 2 aromatic rings. The van der Waals surface area contributed by atoms with Crippen molar-refractivity contribution in [3.05, 3.63) is 65.7 Å². The molecule has 1 N–H and O–H groups in total. The summed E-state index contributed by atoms with van der Waals surface area (Å²) in [6, 6.07) is 18.3. The average Bonchev–Trinajstić information content (AvgIpc) is 3.41. The SMILES string of the molecule is CC(=O)O[C@H]1CCCC12CC2(c1ccccc1)C1CCN(CC2CN(c3ccc(C(=O)O)cc3)C2)CC1. The van der Waals surface area contributed by atoms with Crippen LogP contribution in [0.1, 0.15) is 61.4 Å². The van der Waals surface area contributed by atoms with Crippen LogP contribution in [0.5, 0.6) is 0 Å². The van der Waals surface area contributed by atoms with Gasteiger partial charge in [0.05, 0.1) is 5.56 Å². The summed E-state index contributed by atoms with van der Waals surface area (Å²) in [5.41, 5.74) is 3.18. The van der Waals surface area contributed by atoms with Crippen LogP contribution >= 0.6 is 0 Å². The Morgan fingerprint density at radius 2 is 1.70 bits per heavy atom. The minimum Gasteiger partial charge on any atom is -0.478 e. The van der Waals surface area contributed by atoms with Crippen molar-refractivity contribution in [3.63, 3.8) is 0 Å². The number of piperidine rings is 1. The number of nitrogens with zero attached hydrogens (tertiary/aromatic N) is 2. The van der Waals surface area contributed by atoms with E-state index in [4.69, 9.17) is 9.84 Å². The van der Waals surface area contributed by atoms with Crippen molar-refractivity contribution in [2.45, 2.75) is 57.0 Å². The van der Waals surface area contributed by atoms with Crippen LogP contribution < -0.4 is 4.90 Å². The van der Waals surface area contributed by atoms with E-state index in [9.17, 15) is 9.59 Å². The van der Waals surface area contributed by atoms with Crippen LogP contribution in [-0.2, 0) is 14.9 Å². The fourth-order valence-electron chi connectivity index (χ4n) is 8.17. The van der Waals surface area contributed by atoms with E-state index in [1.807, 2.05) is 12.1 Å². The molecule has 0 aromatic heterocycles. The van der Waals surface area contributed by atoms with E-state index >= 15 is 0 Å². The second-order valence-electron chi connectivity index (χ2n) is 11.9. The first-order valence-corrected chi connectivity index (χ1v) is 13.9. The summed E-state index contributed by atoms with van der Waals surface area (Å²) in [7, 11) is 0. The molecule has 2 saturated carbocycles. The molecule has 6 heteroatoms. The van der Waals surface area contributed by atoms with E-state index in [1.54, 1.807) is 19.1 Å². The van der Waals surface area contributed by atoms with Gasteiger partial charge < -0.3 is 19.6 Å². The number of esters is 1. The van der Waals surface area contributed by atoms with Crippen molar-refractivity contribution in [1.82, 2.24) is 4.90 Å². The van der Waals surface area contributed by atoms with E-state index in [0.29, 0.717) is 17.4 Å². The number of carbonyl (C=O) groups is 2. The van der Waals surface area contributed by atoms with Crippen molar-refractivity contribution in [2.24, 2.45) is 17.3 Å². The monoisotopic (exact) mass is 502 g/mol. The highest BCUT2D eigenvalue weighted by Gasteiger charge is 2.75. The highest BCUT2D eigenvalue weighted by atomic mass is 16.5. The lowest BCUT2D eigenvalue weighted by atomic mass is 9.71. The average molecular weight is 503 g/mol. The van der Waals surface area contributed by atoms with Crippen LogP contribution in [0, 0.1) is 17.3 Å². The molecule has 3 atom stereocenters. The van der Waals surface area contributed by atoms with Gasteiger partial charge in [0.15, 0.2) is 0 Å². The molecule has 0 bridgehead atoms. The van der Waals surface area contributed by atoms with Crippen LogP contribution in [0.3, 0.4) is 0 Å². The molecular weight excluding hydrogens is 464 g/mol. The zero-order valence-electron chi connectivity index (χ0n) is 21.8. The fourth-order valence-corrected chi connectivity index (χ4v) is 8.17. The Kier molecular flexibility index (Phi) is 6.26. The van der Waals surface area contributed by atoms with Gasteiger partial charge in [-0.25, -0.2) is 4.79 Å². The van der Waals surface area contributed by atoms with Crippen molar-refractivity contribution < 1.29 is 19.4 Å². The van der Waals surface area contributed by atoms with Crippen molar-refractivity contribution in [2.75, 3.05) is 37.6 Å². The van der Waals surface area contributed by atoms with Gasteiger partial charge in [0.1, 0.15) is 6.10 Å². The Morgan fingerprint density at radius 3 is 2.35 bits per heavy atom. The molecule has 4 fully saturated rings. The van der Waals surface area contributed by atoms with E-state index in [1.165, 1.54) is 24.8 Å². The molecule has 37 heavy (non-hydrogen) atoms. The minimum atomic E-state index is -0.877. The maximum atomic E-state index is 11.9. The predicted octanol–water partition coefficient (Wildman–Crippen LogP) is 4.98. The fraction of sp³-hybridized carbons (Fsp3) is 0.548. The van der Waals surface area contributed by atoms with E-state index < -0.39 is 5.97 Å². The summed E-state index contributed by atoms with van der Waals surface area (Å²) in [4.78, 5) is 28.0. The summed E-state index contributed by atoms with van der Waals surface area (Å²) >= 11 is 0. The molecule has 0 amide bonds. The molecule has 2 heterocycles. The Balaban J connectivity index is 1.08. The number of carboxylic acids is 1. The third kappa shape index (κ3) is 4.23. The van der Waals surface area contributed by atoms with E-state index in [-0.39, 0.29) is 22.9 Å². The Morgan fingerprint density at radius 1 is 1.00 bits per heavy atom. The number of ether oxygens (including phenoxy) is 1. The van der Waals surface area contributed by atoms with Crippen LogP contribution in [-0.4, -0.2) is 60.8 Å². The standard InChI is InChI=1S/C31H38N2O4/c1-22(34)37-28-8-5-15-30(28)21-31(30,25-6-3-2-4-7-25)26-13-16-32(17-14-26)18-23-19-33(20-23)27-11-9-24(10-12-27)29(35)36/h2-4,6-7,9-12,23,26,28H,5,8,13-21H2,1H3,(H,35,36)/t28-,30?,31?/m0/s1. The molecular formula is C31H38N2O4. The molecule has 196 valence electrons. The zero-order chi connectivity index (χ0) is 25.6. The number of carboxylic acid groups (broad SMARTS) is 1. The smallest absolute Gasteiger partial charge is 0.335 e. The summed E-state index contributed by atoms with van der Waals surface area (Å²) in [6.07, 6.45) is 6.96. The highest BCUT2D eigenvalue weighted by Crippen LogP contribution is 2.76. The molecule has 2 saturated heterocycles. The number of likely N-dealkylation sites (tertiary alicyclic amines) is 1. The number of hydrogen-bond acceptors (Lipinski definition) is 5. The van der Waals surface area contributed by atoms with E-state index in [2.05, 4.69) is 40.1 Å². The summed E-state index contributed by atoms with van der Waals surface area (Å²) in [5.74, 6) is 0.280. The van der Waals surface area contributed by atoms with Gasteiger partial charge in [0.2, 0.25) is 0 Å². The molecule has 1 spiro atoms. The van der Waals surface area contributed by atoms with Crippen molar-refractivity contribution in [3.8, 4) is 0 Å². The van der Waals surface area contributed by atoms with Gasteiger partial charge >= 0.3 is 11.9 Å². The Labute approximate surface area is 219 Å². The number of anilines is 1. The third-order valence-corrected chi connectivity index (χ3v) is 9.90. The van der Waals surface area contributed by atoms with Crippen LogP contribution in [0.4, 0.5) is 5.69 Å². The van der Waals surface area contributed by atoms with E-state index in [0.717, 1.165) is 57.7 Å². The van der Waals surface area contributed by atoms with Crippen LogP contribution in [0.15, 0.2) is 54.6 Å². The maximum absolute atomic E-state index is 11.9. The summed E-state index contributed by atoms with van der Waals surface area (Å²) in [6.45, 7) is 7.04. The Bertz CT molecular complexity index is 1140. The molecule has 6 rings (SSSR count). The molecule has 2 aromatic carbocycles. The predicted molar refractivity (Wildman–Crippen MR) is 143 cm³/mol. The van der Waals surface area contributed by atoms with Gasteiger partial charge in [-0.1, -0.05) is 30.3 Å². The number of aromatic carboxylic acids is 1. The topological polar surface area (TPSA) is 70.1 Å². The normalized spacial score (nSPS) is 30.3.